The Morgan fingerprint density at radius 2 is 2.26 bits per heavy atom. The maximum atomic E-state index is 13.7. The van der Waals surface area contributed by atoms with Crippen LogP contribution in [0.3, 0.4) is 0 Å². The summed E-state index contributed by atoms with van der Waals surface area (Å²) < 4.78 is 15.3. The molecule has 0 fully saturated rings. The molecule has 3 N–H and O–H groups in total. The Morgan fingerprint density at radius 3 is 2.79 bits per heavy atom. The topological polar surface area (TPSA) is 72.9 Å². The van der Waals surface area contributed by atoms with E-state index in [-0.39, 0.29) is 18.1 Å². The smallest absolute Gasteiger partial charge is 0.259 e. The Hall–Kier alpha value is -2.21. The number of rotatable bonds is 3. The average molecular weight is 262 g/mol. The van der Waals surface area contributed by atoms with Crippen LogP contribution in [0.25, 0.3) is 0 Å². The van der Waals surface area contributed by atoms with Crippen molar-refractivity contribution in [1.82, 2.24) is 9.78 Å². The molecule has 0 aliphatic rings. The number of nitrogens with zero attached hydrogens (tertiary/aromatic N) is 2. The molecule has 100 valence electrons. The van der Waals surface area contributed by atoms with Crippen molar-refractivity contribution >= 4 is 11.6 Å². The lowest BCUT2D eigenvalue weighted by Gasteiger charge is -2.07. The summed E-state index contributed by atoms with van der Waals surface area (Å²) in [6, 6.07) is 4.49. The molecule has 0 bridgehead atoms. The second kappa shape index (κ2) is 5.19. The number of amides is 1. The normalized spacial score (nSPS) is 10.5. The monoisotopic (exact) mass is 262 g/mol. The molecule has 1 aromatic carbocycles. The summed E-state index contributed by atoms with van der Waals surface area (Å²) in [5, 5.41) is 6.50. The van der Waals surface area contributed by atoms with Gasteiger partial charge in [-0.1, -0.05) is 6.07 Å². The number of hydrogen-bond acceptors (Lipinski definition) is 3. The van der Waals surface area contributed by atoms with Gasteiger partial charge in [-0.25, -0.2) is 4.39 Å². The number of aromatic nitrogens is 2. The number of halogens is 1. The van der Waals surface area contributed by atoms with Crippen LogP contribution in [0.4, 0.5) is 10.1 Å². The molecule has 0 spiro atoms. The van der Waals surface area contributed by atoms with Crippen molar-refractivity contribution in [2.45, 2.75) is 13.5 Å². The van der Waals surface area contributed by atoms with Gasteiger partial charge in [0.2, 0.25) is 0 Å². The van der Waals surface area contributed by atoms with E-state index in [2.05, 4.69) is 10.4 Å². The molecule has 1 heterocycles. The van der Waals surface area contributed by atoms with E-state index in [9.17, 15) is 9.18 Å². The molecule has 0 aliphatic carbocycles. The van der Waals surface area contributed by atoms with Gasteiger partial charge in [0.15, 0.2) is 0 Å². The molecule has 0 radical (unpaired) electrons. The minimum atomic E-state index is -0.502. The Balaban J connectivity index is 2.22. The van der Waals surface area contributed by atoms with Crippen molar-refractivity contribution in [3.8, 4) is 0 Å². The van der Waals surface area contributed by atoms with Crippen LogP contribution in [0.5, 0.6) is 0 Å². The highest BCUT2D eigenvalue weighted by atomic mass is 19.1. The molecule has 0 saturated carbocycles. The Bertz CT molecular complexity index is 621. The molecular weight excluding hydrogens is 247 g/mol. The summed E-state index contributed by atoms with van der Waals surface area (Å²) in [5.41, 5.74) is 7.36. The highest BCUT2D eigenvalue weighted by molar-refractivity contribution is 6.04. The molecule has 2 aromatic rings. The summed E-state index contributed by atoms with van der Waals surface area (Å²) >= 11 is 0. The third-order valence-electron chi connectivity index (χ3n) is 3.00. The maximum absolute atomic E-state index is 13.7. The molecule has 1 amide bonds. The lowest BCUT2D eigenvalue weighted by molar-refractivity contribution is 0.102. The molecule has 1 aromatic heterocycles. The molecule has 0 saturated heterocycles. The van der Waals surface area contributed by atoms with Gasteiger partial charge in [0.05, 0.1) is 17.4 Å². The number of aryl methyl sites for hydroxylation is 1. The van der Waals surface area contributed by atoms with E-state index >= 15 is 0 Å². The first-order valence-electron chi connectivity index (χ1n) is 5.81. The van der Waals surface area contributed by atoms with Crippen molar-refractivity contribution in [2.24, 2.45) is 12.8 Å². The van der Waals surface area contributed by atoms with E-state index in [1.807, 2.05) is 0 Å². The lowest BCUT2D eigenvalue weighted by atomic mass is 10.2. The standard InChI is InChI=1S/C13H15FN4O/c1-8-10(7-16-18(8)2)13(19)17-12-4-3-9(6-15)5-11(12)14/h3-5,7H,6,15H2,1-2H3,(H,17,19). The minimum Gasteiger partial charge on any atom is -0.326 e. The fraction of sp³-hybridized carbons (Fsp3) is 0.231. The number of nitrogens with two attached hydrogens (primary N) is 1. The van der Waals surface area contributed by atoms with Crippen LogP contribution in [0.15, 0.2) is 24.4 Å². The first kappa shape index (κ1) is 13.2. The van der Waals surface area contributed by atoms with Gasteiger partial charge in [0, 0.05) is 19.3 Å². The van der Waals surface area contributed by atoms with E-state index in [1.165, 1.54) is 18.3 Å². The van der Waals surface area contributed by atoms with Crippen LogP contribution >= 0.6 is 0 Å². The predicted octanol–water partition coefficient (Wildman–Crippen LogP) is 1.58. The summed E-state index contributed by atoms with van der Waals surface area (Å²) in [4.78, 5) is 12.0. The first-order valence-corrected chi connectivity index (χ1v) is 5.81. The van der Waals surface area contributed by atoms with E-state index in [1.54, 1.807) is 24.7 Å². The fourth-order valence-electron chi connectivity index (χ4n) is 1.70. The van der Waals surface area contributed by atoms with Crippen LogP contribution in [0.1, 0.15) is 21.6 Å². The van der Waals surface area contributed by atoms with Crippen molar-refractivity contribution in [3.05, 3.63) is 47.0 Å². The molecule has 5 nitrogen and oxygen atoms in total. The third kappa shape index (κ3) is 2.63. The van der Waals surface area contributed by atoms with Gasteiger partial charge in [-0.15, -0.1) is 0 Å². The van der Waals surface area contributed by atoms with Gasteiger partial charge >= 0.3 is 0 Å². The summed E-state index contributed by atoms with van der Waals surface area (Å²) in [7, 11) is 1.74. The maximum Gasteiger partial charge on any atom is 0.259 e. The second-order valence-corrected chi connectivity index (χ2v) is 4.24. The quantitative estimate of drug-likeness (QED) is 0.882. The van der Waals surface area contributed by atoms with Crippen LogP contribution in [0, 0.1) is 12.7 Å². The first-order chi connectivity index (χ1) is 9.02. The minimum absolute atomic E-state index is 0.130. The van der Waals surface area contributed by atoms with Gasteiger partial charge < -0.3 is 11.1 Å². The van der Waals surface area contributed by atoms with Crippen molar-refractivity contribution in [2.75, 3.05) is 5.32 Å². The molecular formula is C13H15FN4O. The van der Waals surface area contributed by atoms with Crippen molar-refractivity contribution in [1.29, 1.82) is 0 Å². The third-order valence-corrected chi connectivity index (χ3v) is 3.00. The zero-order valence-corrected chi connectivity index (χ0v) is 10.8. The average Bonchev–Trinajstić information content (AvgIpc) is 2.72. The molecule has 6 heteroatoms. The number of anilines is 1. The zero-order chi connectivity index (χ0) is 14.0. The number of carbonyl (C=O) groups excluding carboxylic acids is 1. The number of carbonyl (C=O) groups is 1. The highest BCUT2D eigenvalue weighted by Crippen LogP contribution is 2.17. The summed E-state index contributed by atoms with van der Waals surface area (Å²) in [6.45, 7) is 2.03. The van der Waals surface area contributed by atoms with Crippen molar-refractivity contribution in [3.63, 3.8) is 0 Å². The van der Waals surface area contributed by atoms with Crippen LogP contribution in [-0.4, -0.2) is 15.7 Å². The Kier molecular flexibility index (Phi) is 3.62. The molecule has 2 rings (SSSR count). The van der Waals surface area contributed by atoms with Crippen LogP contribution < -0.4 is 11.1 Å². The predicted molar refractivity (Wildman–Crippen MR) is 70.2 cm³/mol. The molecule has 0 unspecified atom stereocenters. The van der Waals surface area contributed by atoms with Gasteiger partial charge in [-0.3, -0.25) is 9.48 Å². The van der Waals surface area contributed by atoms with Gasteiger partial charge in [-0.05, 0) is 24.6 Å². The van der Waals surface area contributed by atoms with Crippen molar-refractivity contribution < 1.29 is 9.18 Å². The number of benzene rings is 1. The Morgan fingerprint density at radius 1 is 1.53 bits per heavy atom. The number of hydrogen-bond donors (Lipinski definition) is 2. The van der Waals surface area contributed by atoms with Gasteiger partial charge in [-0.2, -0.15) is 5.10 Å². The zero-order valence-electron chi connectivity index (χ0n) is 10.8. The molecule has 0 aliphatic heterocycles. The SMILES string of the molecule is Cc1c(C(=O)Nc2ccc(CN)cc2F)cnn1C. The lowest BCUT2D eigenvalue weighted by Crippen LogP contribution is -2.14. The Labute approximate surface area is 110 Å². The largest absolute Gasteiger partial charge is 0.326 e. The highest BCUT2D eigenvalue weighted by Gasteiger charge is 2.14. The van der Waals surface area contributed by atoms with Crippen LogP contribution in [0.2, 0.25) is 0 Å². The van der Waals surface area contributed by atoms with E-state index in [0.29, 0.717) is 11.1 Å². The summed E-state index contributed by atoms with van der Waals surface area (Å²) in [6.07, 6.45) is 1.46. The van der Waals surface area contributed by atoms with E-state index in [4.69, 9.17) is 5.73 Å². The van der Waals surface area contributed by atoms with Gasteiger partial charge in [0.25, 0.3) is 5.91 Å². The van der Waals surface area contributed by atoms with Crippen LogP contribution in [-0.2, 0) is 13.6 Å². The fourth-order valence-corrected chi connectivity index (χ4v) is 1.70. The van der Waals surface area contributed by atoms with E-state index in [0.717, 1.165) is 5.69 Å². The molecule has 19 heavy (non-hydrogen) atoms. The van der Waals surface area contributed by atoms with Gasteiger partial charge in [0.1, 0.15) is 5.82 Å². The second-order valence-electron chi connectivity index (χ2n) is 4.24. The number of nitrogens with one attached hydrogen (secondary N) is 1. The molecule has 0 atom stereocenters. The van der Waals surface area contributed by atoms with E-state index < -0.39 is 5.82 Å². The summed E-state index contributed by atoms with van der Waals surface area (Å²) in [5.74, 6) is -0.886.